The lowest BCUT2D eigenvalue weighted by molar-refractivity contribution is 0.0932. The average molecular weight is 361 g/mol. The zero-order chi connectivity index (χ0) is 18.0. The van der Waals surface area contributed by atoms with Gasteiger partial charge in [-0.05, 0) is 6.07 Å². The number of hydrogen-bond acceptors (Lipinski definition) is 4. The van der Waals surface area contributed by atoms with Crippen LogP contribution >= 0.6 is 11.6 Å². The highest BCUT2D eigenvalue weighted by Crippen LogP contribution is 2.26. The van der Waals surface area contributed by atoms with E-state index in [1.165, 1.54) is 10.8 Å². The summed E-state index contributed by atoms with van der Waals surface area (Å²) in [5.74, 6) is -0.359. The number of ether oxygens (including phenoxy) is 1. The van der Waals surface area contributed by atoms with E-state index in [0.717, 1.165) is 5.56 Å². The van der Waals surface area contributed by atoms with Crippen LogP contribution in [0.15, 0.2) is 41.5 Å². The molecule has 0 radical (unpaired) electrons. The van der Waals surface area contributed by atoms with Crippen molar-refractivity contribution in [1.29, 1.82) is 0 Å². The molecule has 0 bridgehead atoms. The van der Waals surface area contributed by atoms with E-state index in [-0.39, 0.29) is 22.8 Å². The third-order valence-electron chi connectivity index (χ3n) is 3.83. The fourth-order valence-corrected chi connectivity index (χ4v) is 2.75. The Bertz CT molecular complexity index is 993. The monoisotopic (exact) mass is 360 g/mol. The first-order valence-electron chi connectivity index (χ1n) is 7.63. The minimum absolute atomic E-state index is 0.171. The molecule has 8 heteroatoms. The van der Waals surface area contributed by atoms with Crippen molar-refractivity contribution < 1.29 is 9.53 Å². The summed E-state index contributed by atoms with van der Waals surface area (Å²) < 4.78 is 7.91. The number of carbonyl (C=O) groups is 1. The van der Waals surface area contributed by atoms with Crippen LogP contribution in [-0.4, -0.2) is 40.1 Å². The van der Waals surface area contributed by atoms with Crippen molar-refractivity contribution >= 4 is 23.2 Å². The van der Waals surface area contributed by atoms with Gasteiger partial charge in [-0.1, -0.05) is 29.8 Å². The number of fused-ring (bicyclic) bond motifs is 1. The summed E-state index contributed by atoms with van der Waals surface area (Å²) in [6, 6.07) is 7.26. The van der Waals surface area contributed by atoms with Crippen molar-refractivity contribution in [1.82, 2.24) is 19.3 Å². The van der Waals surface area contributed by atoms with Crippen LogP contribution in [0.1, 0.15) is 10.5 Å². The minimum atomic E-state index is -0.359. The van der Waals surface area contributed by atoms with Crippen molar-refractivity contribution in [3.63, 3.8) is 0 Å². The second kappa shape index (κ2) is 7.08. The number of halogens is 1. The molecule has 0 aliphatic heterocycles. The second-order valence-corrected chi connectivity index (χ2v) is 5.87. The lowest BCUT2D eigenvalue weighted by Gasteiger charge is -2.10. The highest BCUT2D eigenvalue weighted by molar-refractivity contribution is 6.33. The zero-order valence-electron chi connectivity index (χ0n) is 13.8. The number of rotatable bonds is 5. The molecular formula is C17H17ClN4O3. The quantitative estimate of drug-likeness (QED) is 0.703. The van der Waals surface area contributed by atoms with Crippen LogP contribution < -0.4 is 10.9 Å². The van der Waals surface area contributed by atoms with Crippen molar-refractivity contribution in [3.8, 4) is 11.3 Å². The second-order valence-electron chi connectivity index (χ2n) is 5.46. The number of amides is 1. The molecule has 2 aromatic heterocycles. The van der Waals surface area contributed by atoms with E-state index in [1.807, 2.05) is 18.2 Å². The normalized spacial score (nSPS) is 11.0. The molecule has 0 unspecified atom stereocenters. The van der Waals surface area contributed by atoms with E-state index in [1.54, 1.807) is 30.8 Å². The summed E-state index contributed by atoms with van der Waals surface area (Å²) in [5, 5.41) is 3.22. The molecule has 1 aromatic carbocycles. The summed E-state index contributed by atoms with van der Waals surface area (Å²) in [6.07, 6.45) is 3.26. The lowest BCUT2D eigenvalue weighted by Crippen LogP contribution is -2.27. The van der Waals surface area contributed by atoms with E-state index < -0.39 is 0 Å². The first-order chi connectivity index (χ1) is 12.0. The van der Waals surface area contributed by atoms with Gasteiger partial charge in [-0.15, -0.1) is 0 Å². The molecular weight excluding hydrogens is 344 g/mol. The molecule has 0 fully saturated rings. The van der Waals surface area contributed by atoms with Crippen LogP contribution in [0.4, 0.5) is 0 Å². The van der Waals surface area contributed by atoms with Gasteiger partial charge in [-0.2, -0.15) is 0 Å². The maximum Gasteiger partial charge on any atom is 0.294 e. The maximum atomic E-state index is 12.6. The Morgan fingerprint density at radius 2 is 2.08 bits per heavy atom. The number of carbonyl (C=O) groups excluding carboxylic acids is 1. The number of imidazole rings is 1. The molecule has 1 N–H and O–H groups in total. The summed E-state index contributed by atoms with van der Waals surface area (Å²) >= 11 is 6.24. The number of methoxy groups -OCH3 is 1. The van der Waals surface area contributed by atoms with Crippen molar-refractivity contribution in [2.45, 2.75) is 0 Å². The fourth-order valence-electron chi connectivity index (χ4n) is 2.51. The van der Waals surface area contributed by atoms with Gasteiger partial charge < -0.3 is 14.6 Å². The fraction of sp³-hybridized carbons (Fsp3) is 0.235. The van der Waals surface area contributed by atoms with Gasteiger partial charge in [0.25, 0.3) is 11.5 Å². The largest absolute Gasteiger partial charge is 0.383 e. The summed E-state index contributed by atoms with van der Waals surface area (Å²) in [7, 11) is 3.20. The van der Waals surface area contributed by atoms with Crippen LogP contribution in [-0.2, 0) is 11.8 Å². The highest BCUT2D eigenvalue weighted by atomic mass is 35.5. The number of aromatic nitrogens is 3. The summed E-state index contributed by atoms with van der Waals surface area (Å²) in [6.45, 7) is 0.767. The van der Waals surface area contributed by atoms with Crippen LogP contribution in [0.2, 0.25) is 5.02 Å². The molecule has 25 heavy (non-hydrogen) atoms. The van der Waals surface area contributed by atoms with Gasteiger partial charge in [0.1, 0.15) is 5.69 Å². The summed E-state index contributed by atoms with van der Waals surface area (Å²) in [5.41, 5.74) is 1.39. The Kier molecular flexibility index (Phi) is 4.87. The van der Waals surface area contributed by atoms with Crippen LogP contribution in [0, 0.1) is 0 Å². The van der Waals surface area contributed by atoms with Gasteiger partial charge in [-0.3, -0.25) is 14.0 Å². The van der Waals surface area contributed by atoms with Crippen LogP contribution in [0.25, 0.3) is 16.9 Å². The third kappa shape index (κ3) is 3.29. The maximum absolute atomic E-state index is 12.6. The SMILES string of the molecule is COCCNC(=O)c1cn2cc(-c3ccccc3Cl)n(C)c(=O)c2n1. The molecule has 3 rings (SSSR count). The van der Waals surface area contributed by atoms with E-state index in [9.17, 15) is 9.59 Å². The molecule has 0 saturated carbocycles. The lowest BCUT2D eigenvalue weighted by atomic mass is 10.1. The average Bonchev–Trinajstić information content (AvgIpc) is 3.03. The summed E-state index contributed by atoms with van der Waals surface area (Å²) in [4.78, 5) is 28.9. The van der Waals surface area contributed by atoms with Crippen LogP contribution in [0.5, 0.6) is 0 Å². The van der Waals surface area contributed by atoms with E-state index >= 15 is 0 Å². The Morgan fingerprint density at radius 1 is 1.32 bits per heavy atom. The molecule has 0 atom stereocenters. The van der Waals surface area contributed by atoms with Crippen LogP contribution in [0.3, 0.4) is 0 Å². The van der Waals surface area contributed by atoms with E-state index in [0.29, 0.717) is 23.9 Å². The van der Waals surface area contributed by atoms with Crippen molar-refractivity contribution in [3.05, 3.63) is 57.7 Å². The number of nitrogens with zero attached hydrogens (tertiary/aromatic N) is 3. The number of hydrogen-bond donors (Lipinski definition) is 1. The predicted molar refractivity (Wildman–Crippen MR) is 95.1 cm³/mol. The Labute approximate surface area is 148 Å². The van der Waals surface area contributed by atoms with Gasteiger partial charge in [-0.25, -0.2) is 4.98 Å². The molecule has 0 aliphatic carbocycles. The van der Waals surface area contributed by atoms with Gasteiger partial charge in [0.15, 0.2) is 0 Å². The highest BCUT2D eigenvalue weighted by Gasteiger charge is 2.16. The minimum Gasteiger partial charge on any atom is -0.383 e. The first-order valence-corrected chi connectivity index (χ1v) is 8.01. The van der Waals surface area contributed by atoms with Gasteiger partial charge >= 0.3 is 0 Å². The van der Waals surface area contributed by atoms with Crippen molar-refractivity contribution in [2.24, 2.45) is 7.05 Å². The molecule has 0 spiro atoms. The van der Waals surface area contributed by atoms with E-state index in [2.05, 4.69) is 10.3 Å². The molecule has 1 amide bonds. The van der Waals surface area contributed by atoms with Crippen molar-refractivity contribution in [2.75, 3.05) is 20.3 Å². The standard InChI is InChI=1S/C17H17ClN4O3/c1-21-14(11-5-3-4-6-12(11)18)10-22-9-13(20-15(22)17(21)24)16(23)19-7-8-25-2/h3-6,9-10H,7-8H2,1-2H3,(H,19,23). The molecule has 2 heterocycles. The zero-order valence-corrected chi connectivity index (χ0v) is 14.6. The Balaban J connectivity index is 2.06. The molecule has 0 aliphatic rings. The van der Waals surface area contributed by atoms with E-state index in [4.69, 9.17) is 16.3 Å². The Hall–Kier alpha value is -2.64. The molecule has 130 valence electrons. The Morgan fingerprint density at radius 3 is 2.80 bits per heavy atom. The smallest absolute Gasteiger partial charge is 0.294 e. The number of benzene rings is 1. The molecule has 3 aromatic rings. The molecule has 7 nitrogen and oxygen atoms in total. The first kappa shape index (κ1) is 17.2. The van der Waals surface area contributed by atoms with Gasteiger partial charge in [0, 0.05) is 43.7 Å². The molecule has 0 saturated heterocycles. The number of nitrogens with one attached hydrogen (secondary N) is 1. The third-order valence-corrected chi connectivity index (χ3v) is 4.15. The predicted octanol–water partition coefficient (Wildman–Crippen LogP) is 1.73. The topological polar surface area (TPSA) is 77.6 Å². The van der Waals surface area contributed by atoms with Gasteiger partial charge in [0.2, 0.25) is 5.65 Å². The van der Waals surface area contributed by atoms with Gasteiger partial charge in [0.05, 0.1) is 12.3 Å².